The number of carbonyl (C=O) groups excluding carboxylic acids is 1. The number of pyridine rings is 1. The Labute approximate surface area is 140 Å². The van der Waals surface area contributed by atoms with Crippen LogP contribution in [0.3, 0.4) is 0 Å². The number of rotatable bonds is 4. The Morgan fingerprint density at radius 1 is 1.17 bits per heavy atom. The predicted molar refractivity (Wildman–Crippen MR) is 91.8 cm³/mol. The van der Waals surface area contributed by atoms with Crippen LogP contribution in [0.15, 0.2) is 61.1 Å². The zero-order valence-electron chi connectivity index (χ0n) is 13.3. The van der Waals surface area contributed by atoms with Gasteiger partial charge in [-0.2, -0.15) is 0 Å². The van der Waals surface area contributed by atoms with Gasteiger partial charge in [0.15, 0.2) is 0 Å². The smallest absolute Gasteiger partial charge is 0.242 e. The van der Waals surface area contributed by atoms with Gasteiger partial charge >= 0.3 is 0 Å². The average molecular weight is 321 g/mol. The molecular formula is C19H19N3O2. The fourth-order valence-corrected chi connectivity index (χ4v) is 3.13. The van der Waals surface area contributed by atoms with Gasteiger partial charge in [-0.05, 0) is 24.3 Å². The highest BCUT2D eigenvalue weighted by atomic mass is 16.5. The van der Waals surface area contributed by atoms with Gasteiger partial charge in [-0.15, -0.1) is 0 Å². The molecule has 0 unspecified atom stereocenters. The van der Waals surface area contributed by atoms with E-state index in [1.807, 2.05) is 64.3 Å². The number of hydrogen-bond donors (Lipinski definition) is 0. The van der Waals surface area contributed by atoms with Crippen LogP contribution in [-0.2, 0) is 11.3 Å². The molecule has 0 aliphatic carbocycles. The Morgan fingerprint density at radius 2 is 2.00 bits per heavy atom. The molecule has 0 bridgehead atoms. The van der Waals surface area contributed by atoms with Gasteiger partial charge in [0, 0.05) is 36.9 Å². The monoisotopic (exact) mass is 321 g/mol. The minimum absolute atomic E-state index is 0.0196. The molecule has 3 heterocycles. The Morgan fingerprint density at radius 3 is 2.88 bits per heavy atom. The average Bonchev–Trinajstić information content (AvgIpc) is 3.27. The van der Waals surface area contributed by atoms with E-state index in [1.54, 1.807) is 6.20 Å². The van der Waals surface area contributed by atoms with E-state index in [4.69, 9.17) is 4.74 Å². The number of ether oxygens (including phenoxy) is 1. The minimum Gasteiger partial charge on any atom is -0.486 e. The highest BCUT2D eigenvalue weighted by Crippen LogP contribution is 2.26. The fraction of sp³-hybridized carbons (Fsp3) is 0.263. The number of amides is 1. The lowest BCUT2D eigenvalue weighted by Crippen LogP contribution is -2.33. The molecule has 4 rings (SSSR count). The van der Waals surface area contributed by atoms with Crippen LogP contribution in [0.5, 0.6) is 5.75 Å². The summed E-state index contributed by atoms with van der Waals surface area (Å²) in [4.78, 5) is 18.7. The first-order valence-corrected chi connectivity index (χ1v) is 8.18. The molecule has 24 heavy (non-hydrogen) atoms. The summed E-state index contributed by atoms with van der Waals surface area (Å²) in [6, 6.07) is 13.7. The predicted octanol–water partition coefficient (Wildman–Crippen LogP) is 2.72. The van der Waals surface area contributed by atoms with Gasteiger partial charge in [0.25, 0.3) is 0 Å². The molecule has 0 radical (unpaired) electrons. The Kier molecular flexibility index (Phi) is 3.91. The number of fused-ring (bicyclic) bond motifs is 1. The summed E-state index contributed by atoms with van der Waals surface area (Å²) in [5, 5.41) is 1.06. The zero-order valence-corrected chi connectivity index (χ0v) is 13.3. The third kappa shape index (κ3) is 2.97. The van der Waals surface area contributed by atoms with E-state index in [1.165, 1.54) is 0 Å². The van der Waals surface area contributed by atoms with E-state index >= 15 is 0 Å². The molecule has 1 atom stereocenters. The summed E-state index contributed by atoms with van der Waals surface area (Å²) in [5.74, 6) is 0.922. The maximum absolute atomic E-state index is 12.4. The van der Waals surface area contributed by atoms with Crippen LogP contribution < -0.4 is 4.74 Å². The molecule has 5 heteroatoms. The van der Waals surface area contributed by atoms with Crippen LogP contribution in [0.2, 0.25) is 0 Å². The van der Waals surface area contributed by atoms with Gasteiger partial charge in [0.2, 0.25) is 5.91 Å². The van der Waals surface area contributed by atoms with Crippen molar-refractivity contribution in [1.82, 2.24) is 14.5 Å². The van der Waals surface area contributed by atoms with Crippen LogP contribution in [-0.4, -0.2) is 39.6 Å². The van der Waals surface area contributed by atoms with E-state index in [0.717, 1.165) is 29.6 Å². The van der Waals surface area contributed by atoms with Crippen LogP contribution in [0.1, 0.15) is 6.42 Å². The lowest BCUT2D eigenvalue weighted by atomic mass is 10.2. The second-order valence-electron chi connectivity index (χ2n) is 6.05. The van der Waals surface area contributed by atoms with Crippen LogP contribution >= 0.6 is 0 Å². The fourth-order valence-electron chi connectivity index (χ4n) is 3.13. The van der Waals surface area contributed by atoms with Crippen molar-refractivity contribution >= 4 is 16.8 Å². The van der Waals surface area contributed by atoms with Crippen molar-refractivity contribution in [2.75, 3.05) is 13.1 Å². The van der Waals surface area contributed by atoms with E-state index in [0.29, 0.717) is 13.1 Å². The van der Waals surface area contributed by atoms with Gasteiger partial charge in [-0.3, -0.25) is 9.78 Å². The van der Waals surface area contributed by atoms with E-state index in [2.05, 4.69) is 4.98 Å². The normalized spacial score (nSPS) is 17.3. The Balaban J connectivity index is 1.42. The number of aromatic nitrogens is 2. The molecule has 0 spiro atoms. The van der Waals surface area contributed by atoms with Gasteiger partial charge < -0.3 is 14.2 Å². The number of benzene rings is 1. The molecule has 2 aromatic heterocycles. The number of likely N-dealkylation sites (tertiary alicyclic amines) is 1. The lowest BCUT2D eigenvalue weighted by Gasteiger charge is -2.18. The first-order chi connectivity index (χ1) is 11.8. The van der Waals surface area contributed by atoms with Crippen LogP contribution in [0.4, 0.5) is 0 Å². The minimum atomic E-state index is 0.0196. The summed E-state index contributed by atoms with van der Waals surface area (Å²) in [5.41, 5.74) is 0.872. The molecule has 1 saturated heterocycles. The van der Waals surface area contributed by atoms with Crippen molar-refractivity contribution < 1.29 is 9.53 Å². The van der Waals surface area contributed by atoms with Crippen molar-refractivity contribution in [2.24, 2.45) is 0 Å². The highest BCUT2D eigenvalue weighted by molar-refractivity contribution is 5.84. The van der Waals surface area contributed by atoms with Crippen molar-refractivity contribution in [3.8, 4) is 5.75 Å². The number of nitrogens with zero attached hydrogens (tertiary/aromatic N) is 3. The molecule has 1 aliphatic rings. The Hall–Kier alpha value is -2.82. The molecular weight excluding hydrogens is 302 g/mol. The van der Waals surface area contributed by atoms with Gasteiger partial charge in [-0.1, -0.05) is 18.2 Å². The molecule has 5 nitrogen and oxygen atoms in total. The van der Waals surface area contributed by atoms with Crippen molar-refractivity contribution in [2.45, 2.75) is 19.1 Å². The van der Waals surface area contributed by atoms with Crippen molar-refractivity contribution in [1.29, 1.82) is 0 Å². The van der Waals surface area contributed by atoms with Crippen LogP contribution in [0, 0.1) is 0 Å². The number of carbonyl (C=O) groups is 1. The van der Waals surface area contributed by atoms with Crippen molar-refractivity contribution in [3.05, 3.63) is 61.1 Å². The molecule has 0 N–H and O–H groups in total. The van der Waals surface area contributed by atoms with E-state index < -0.39 is 0 Å². The topological polar surface area (TPSA) is 47.4 Å². The van der Waals surface area contributed by atoms with E-state index in [9.17, 15) is 4.79 Å². The molecule has 122 valence electrons. The molecule has 1 aromatic carbocycles. The lowest BCUT2D eigenvalue weighted by molar-refractivity contribution is -0.131. The third-order valence-electron chi connectivity index (χ3n) is 4.37. The first kappa shape index (κ1) is 14.8. The summed E-state index contributed by atoms with van der Waals surface area (Å²) < 4.78 is 8.03. The Bertz CT molecular complexity index is 839. The summed E-state index contributed by atoms with van der Waals surface area (Å²) in [6.07, 6.45) is 6.46. The SMILES string of the molecule is O=C(Cn1cccc1)N1CC[C@@H](Oc2cccc3cccnc23)C1. The summed E-state index contributed by atoms with van der Waals surface area (Å²) >= 11 is 0. The molecule has 3 aromatic rings. The van der Waals surface area contributed by atoms with Crippen LogP contribution in [0.25, 0.3) is 10.9 Å². The molecule has 1 fully saturated rings. The molecule has 1 aliphatic heterocycles. The summed E-state index contributed by atoms with van der Waals surface area (Å²) in [7, 11) is 0. The highest BCUT2D eigenvalue weighted by Gasteiger charge is 2.28. The zero-order chi connectivity index (χ0) is 16.4. The third-order valence-corrected chi connectivity index (χ3v) is 4.37. The van der Waals surface area contributed by atoms with Gasteiger partial charge in [0.05, 0.1) is 6.54 Å². The number of hydrogen-bond acceptors (Lipinski definition) is 3. The maximum atomic E-state index is 12.4. The second kappa shape index (κ2) is 6.35. The first-order valence-electron chi connectivity index (χ1n) is 8.18. The van der Waals surface area contributed by atoms with Crippen molar-refractivity contribution in [3.63, 3.8) is 0 Å². The number of para-hydroxylation sites is 1. The van der Waals surface area contributed by atoms with E-state index in [-0.39, 0.29) is 12.0 Å². The standard InChI is InChI=1S/C19H19N3O2/c23-18(14-21-10-1-2-11-21)22-12-8-16(13-22)24-17-7-3-5-15-6-4-9-20-19(15)17/h1-7,9-11,16H,8,12-14H2/t16-/m1/s1. The second-order valence-corrected chi connectivity index (χ2v) is 6.05. The molecule has 0 saturated carbocycles. The van der Waals surface area contributed by atoms with Gasteiger partial charge in [-0.25, -0.2) is 0 Å². The largest absolute Gasteiger partial charge is 0.486 e. The molecule has 1 amide bonds. The summed E-state index contributed by atoms with van der Waals surface area (Å²) in [6.45, 7) is 1.75. The quantitative estimate of drug-likeness (QED) is 0.742. The maximum Gasteiger partial charge on any atom is 0.242 e. The van der Waals surface area contributed by atoms with Gasteiger partial charge in [0.1, 0.15) is 23.9 Å².